The summed E-state index contributed by atoms with van der Waals surface area (Å²) in [5.74, 6) is 1.17. The Balaban J connectivity index is 1.73. The molecular weight excluding hydrogens is 378 g/mol. The summed E-state index contributed by atoms with van der Waals surface area (Å²) in [6, 6.07) is 22.1. The molecule has 148 valence electrons. The van der Waals surface area contributed by atoms with Gasteiger partial charge in [-0.25, -0.2) is 9.97 Å². The van der Waals surface area contributed by atoms with Gasteiger partial charge in [0, 0.05) is 28.6 Å². The third-order valence-electron chi connectivity index (χ3n) is 4.72. The number of fused-ring (bicyclic) bond motifs is 1. The van der Waals surface area contributed by atoms with Crippen molar-refractivity contribution < 1.29 is 4.92 Å². The Hall–Kier alpha value is -4.13. The van der Waals surface area contributed by atoms with E-state index < -0.39 is 4.92 Å². The second-order valence-electron chi connectivity index (χ2n) is 6.90. The zero-order valence-electron chi connectivity index (χ0n) is 16.5. The molecule has 0 amide bonds. The van der Waals surface area contributed by atoms with E-state index >= 15 is 0 Å². The lowest BCUT2D eigenvalue weighted by molar-refractivity contribution is -0.384. The van der Waals surface area contributed by atoms with Crippen molar-refractivity contribution in [3.63, 3.8) is 0 Å². The number of nitrogens with one attached hydrogen (secondary N) is 1. The van der Waals surface area contributed by atoms with Crippen molar-refractivity contribution in [3.8, 4) is 11.4 Å². The standard InChI is InChI=1S/C23H19N5O2/c1-15-10-12-17(13-11-15)22-24-21-9-4-3-8-20(21)23(25-22)27-26-16(2)18-6-5-7-19(14-18)28(29)30/h3-14H,1-2H3,(H,24,25,27)/b26-16-. The molecule has 4 rings (SSSR count). The van der Waals surface area contributed by atoms with Crippen LogP contribution in [-0.4, -0.2) is 20.6 Å². The van der Waals surface area contributed by atoms with Crippen LogP contribution >= 0.6 is 0 Å². The smallest absolute Gasteiger partial charge is 0.260 e. The number of benzene rings is 3. The Morgan fingerprint density at radius 2 is 1.77 bits per heavy atom. The van der Waals surface area contributed by atoms with E-state index in [1.807, 2.05) is 55.5 Å². The Morgan fingerprint density at radius 1 is 1.00 bits per heavy atom. The summed E-state index contributed by atoms with van der Waals surface area (Å²) >= 11 is 0. The van der Waals surface area contributed by atoms with Gasteiger partial charge in [0.25, 0.3) is 5.69 Å². The molecule has 0 atom stereocenters. The van der Waals surface area contributed by atoms with Crippen molar-refractivity contribution in [1.82, 2.24) is 9.97 Å². The fourth-order valence-corrected chi connectivity index (χ4v) is 3.04. The number of aromatic nitrogens is 2. The van der Waals surface area contributed by atoms with Gasteiger partial charge in [-0.3, -0.25) is 15.5 Å². The number of hydrogen-bond donors (Lipinski definition) is 1. The molecule has 0 saturated heterocycles. The van der Waals surface area contributed by atoms with Gasteiger partial charge >= 0.3 is 0 Å². The summed E-state index contributed by atoms with van der Waals surface area (Å²) in [7, 11) is 0. The van der Waals surface area contributed by atoms with E-state index in [0.717, 1.165) is 22.0 Å². The molecule has 0 saturated carbocycles. The van der Waals surface area contributed by atoms with Crippen LogP contribution < -0.4 is 5.43 Å². The van der Waals surface area contributed by atoms with Crippen LogP contribution in [0.25, 0.3) is 22.3 Å². The number of nitro benzene ring substituents is 1. The summed E-state index contributed by atoms with van der Waals surface area (Å²) in [5.41, 5.74) is 7.19. The molecular formula is C23H19N5O2. The summed E-state index contributed by atoms with van der Waals surface area (Å²) in [4.78, 5) is 20.0. The molecule has 0 unspecified atom stereocenters. The van der Waals surface area contributed by atoms with E-state index in [9.17, 15) is 10.1 Å². The zero-order valence-corrected chi connectivity index (χ0v) is 16.5. The highest BCUT2D eigenvalue weighted by atomic mass is 16.6. The molecule has 0 fully saturated rings. The maximum atomic E-state index is 11.0. The first kappa shape index (κ1) is 19.2. The van der Waals surface area contributed by atoms with Gasteiger partial charge in [-0.2, -0.15) is 5.10 Å². The van der Waals surface area contributed by atoms with E-state index in [1.54, 1.807) is 19.1 Å². The normalized spacial score (nSPS) is 11.5. The SMILES string of the molecule is C/C(=N/Nc1nc(-c2ccc(C)cc2)nc2ccccc12)c1cccc([N+](=O)[O-])c1. The fourth-order valence-electron chi connectivity index (χ4n) is 3.04. The topological polar surface area (TPSA) is 93.3 Å². The Morgan fingerprint density at radius 3 is 2.53 bits per heavy atom. The van der Waals surface area contributed by atoms with Crippen LogP contribution in [0.15, 0.2) is 77.9 Å². The first-order valence-corrected chi connectivity index (χ1v) is 9.40. The fraction of sp³-hybridized carbons (Fsp3) is 0.0870. The van der Waals surface area contributed by atoms with Gasteiger partial charge in [0.2, 0.25) is 0 Å². The minimum Gasteiger partial charge on any atom is -0.260 e. The first-order valence-electron chi connectivity index (χ1n) is 9.40. The largest absolute Gasteiger partial charge is 0.270 e. The van der Waals surface area contributed by atoms with Crippen LogP contribution in [-0.2, 0) is 0 Å². The van der Waals surface area contributed by atoms with Gasteiger partial charge in [0.1, 0.15) is 0 Å². The lowest BCUT2D eigenvalue weighted by Crippen LogP contribution is -2.03. The summed E-state index contributed by atoms with van der Waals surface area (Å²) in [6.07, 6.45) is 0. The third kappa shape index (κ3) is 4.00. The highest BCUT2D eigenvalue weighted by Crippen LogP contribution is 2.25. The number of hydrogen-bond acceptors (Lipinski definition) is 6. The molecule has 0 aliphatic heterocycles. The maximum Gasteiger partial charge on any atom is 0.270 e. The molecule has 1 heterocycles. The lowest BCUT2D eigenvalue weighted by atomic mass is 10.1. The van der Waals surface area contributed by atoms with E-state index in [4.69, 9.17) is 0 Å². The second-order valence-corrected chi connectivity index (χ2v) is 6.90. The van der Waals surface area contributed by atoms with Crippen LogP contribution in [0.5, 0.6) is 0 Å². The molecule has 0 spiro atoms. The first-order chi connectivity index (χ1) is 14.5. The molecule has 30 heavy (non-hydrogen) atoms. The minimum atomic E-state index is -0.421. The summed E-state index contributed by atoms with van der Waals surface area (Å²) in [5, 5.41) is 16.3. The van der Waals surface area contributed by atoms with Crippen molar-refractivity contribution in [2.75, 3.05) is 5.43 Å². The zero-order chi connectivity index (χ0) is 21.1. The third-order valence-corrected chi connectivity index (χ3v) is 4.72. The van der Waals surface area contributed by atoms with Gasteiger partial charge in [-0.1, -0.05) is 54.1 Å². The van der Waals surface area contributed by atoms with Crippen molar-refractivity contribution in [1.29, 1.82) is 0 Å². The molecule has 0 bridgehead atoms. The molecule has 0 aliphatic rings. The van der Waals surface area contributed by atoms with Crippen LogP contribution in [0.2, 0.25) is 0 Å². The van der Waals surface area contributed by atoms with E-state index in [-0.39, 0.29) is 5.69 Å². The Labute approximate surface area is 173 Å². The highest BCUT2D eigenvalue weighted by molar-refractivity contribution is 6.00. The predicted molar refractivity (Wildman–Crippen MR) is 119 cm³/mol. The van der Waals surface area contributed by atoms with Crippen molar-refractivity contribution >= 4 is 28.1 Å². The van der Waals surface area contributed by atoms with Gasteiger partial charge in [-0.15, -0.1) is 0 Å². The van der Waals surface area contributed by atoms with Crippen molar-refractivity contribution in [3.05, 3.63) is 94.0 Å². The Kier molecular flexibility index (Phi) is 5.17. The average Bonchev–Trinajstić information content (AvgIpc) is 2.77. The molecule has 7 heteroatoms. The maximum absolute atomic E-state index is 11.0. The monoisotopic (exact) mass is 397 g/mol. The number of nitrogens with zero attached hydrogens (tertiary/aromatic N) is 4. The predicted octanol–water partition coefficient (Wildman–Crippen LogP) is 5.35. The van der Waals surface area contributed by atoms with Gasteiger partial charge < -0.3 is 0 Å². The van der Waals surface area contributed by atoms with Crippen LogP contribution in [0.1, 0.15) is 18.1 Å². The molecule has 3 aromatic carbocycles. The molecule has 7 nitrogen and oxygen atoms in total. The van der Waals surface area contributed by atoms with E-state index in [0.29, 0.717) is 22.9 Å². The number of rotatable bonds is 5. The van der Waals surface area contributed by atoms with Crippen LogP contribution in [0.3, 0.4) is 0 Å². The molecule has 0 radical (unpaired) electrons. The van der Waals surface area contributed by atoms with Crippen LogP contribution in [0.4, 0.5) is 11.5 Å². The van der Waals surface area contributed by atoms with Crippen molar-refractivity contribution in [2.45, 2.75) is 13.8 Å². The quantitative estimate of drug-likeness (QED) is 0.278. The number of non-ortho nitro benzene ring substituents is 1. The number of hydrazone groups is 1. The number of para-hydroxylation sites is 1. The number of anilines is 1. The highest BCUT2D eigenvalue weighted by Gasteiger charge is 2.10. The summed E-state index contributed by atoms with van der Waals surface area (Å²) < 4.78 is 0. The Bertz CT molecular complexity index is 1270. The van der Waals surface area contributed by atoms with Crippen LogP contribution in [0, 0.1) is 17.0 Å². The number of nitro groups is 1. The summed E-state index contributed by atoms with van der Waals surface area (Å²) in [6.45, 7) is 3.82. The second kappa shape index (κ2) is 8.08. The minimum absolute atomic E-state index is 0.0243. The van der Waals surface area contributed by atoms with Gasteiger partial charge in [0.05, 0.1) is 16.2 Å². The van der Waals surface area contributed by atoms with Crippen molar-refractivity contribution in [2.24, 2.45) is 5.10 Å². The number of aryl methyl sites for hydroxylation is 1. The molecule has 4 aromatic rings. The molecule has 0 aliphatic carbocycles. The molecule has 1 N–H and O–H groups in total. The van der Waals surface area contributed by atoms with E-state index in [2.05, 4.69) is 20.5 Å². The van der Waals surface area contributed by atoms with E-state index in [1.165, 1.54) is 12.1 Å². The van der Waals surface area contributed by atoms with Gasteiger partial charge in [-0.05, 0) is 26.0 Å². The van der Waals surface area contributed by atoms with Gasteiger partial charge in [0.15, 0.2) is 11.6 Å². The average molecular weight is 397 g/mol. The lowest BCUT2D eigenvalue weighted by Gasteiger charge is -2.09. The molecule has 1 aromatic heterocycles.